The number of hydrogen-bond donors (Lipinski definition) is 1. The van der Waals surface area contributed by atoms with E-state index in [0.29, 0.717) is 19.4 Å². The predicted octanol–water partition coefficient (Wildman–Crippen LogP) is 0.0465. The minimum Gasteiger partial charge on any atom is -0.370 e. The number of piperazine rings is 1. The number of nitrogens with two attached hydrogens (primary N) is 1. The minimum absolute atomic E-state index is 0.0292. The van der Waals surface area contributed by atoms with Crippen LogP contribution < -0.4 is 5.73 Å². The maximum Gasteiger partial charge on any atom is 0.222 e. The fraction of sp³-hybridized carbons (Fsp3) is 0.750. The molecular formula is C16H28N4O2. The van der Waals surface area contributed by atoms with Gasteiger partial charge in [0.25, 0.3) is 0 Å². The Labute approximate surface area is 132 Å². The van der Waals surface area contributed by atoms with Gasteiger partial charge >= 0.3 is 0 Å². The van der Waals surface area contributed by atoms with Crippen molar-refractivity contribution >= 4 is 11.8 Å². The molecule has 124 valence electrons. The minimum atomic E-state index is -0.249. The average Bonchev–Trinajstić information content (AvgIpc) is 2.63. The van der Waals surface area contributed by atoms with Gasteiger partial charge in [-0.05, 0) is 19.9 Å². The van der Waals surface area contributed by atoms with E-state index < -0.39 is 0 Å². The highest BCUT2D eigenvalue weighted by Gasteiger charge is 2.41. The molecule has 0 aromatic rings. The molecule has 1 atom stereocenters. The molecule has 1 unspecified atom stereocenters. The van der Waals surface area contributed by atoms with Gasteiger partial charge in [0.15, 0.2) is 0 Å². The molecule has 2 aliphatic rings. The second-order valence-electron chi connectivity index (χ2n) is 6.52. The monoisotopic (exact) mass is 308 g/mol. The van der Waals surface area contributed by atoms with Crippen LogP contribution in [0.25, 0.3) is 0 Å². The van der Waals surface area contributed by atoms with Gasteiger partial charge in [-0.2, -0.15) is 0 Å². The summed E-state index contributed by atoms with van der Waals surface area (Å²) < 4.78 is 0. The number of hydrogen-bond acceptors (Lipinski definition) is 4. The van der Waals surface area contributed by atoms with Gasteiger partial charge in [0.2, 0.25) is 11.8 Å². The van der Waals surface area contributed by atoms with Crippen molar-refractivity contribution < 1.29 is 9.59 Å². The topological polar surface area (TPSA) is 69.9 Å². The van der Waals surface area contributed by atoms with Crippen LogP contribution in [-0.4, -0.2) is 78.4 Å². The van der Waals surface area contributed by atoms with Crippen LogP contribution in [0, 0.1) is 0 Å². The first kappa shape index (κ1) is 17.0. The zero-order valence-corrected chi connectivity index (χ0v) is 13.6. The molecule has 22 heavy (non-hydrogen) atoms. The SMILES string of the molecule is C=CCN1CCC2(CCC1=O)CN(CCC(N)=O)CCN2C. The van der Waals surface area contributed by atoms with E-state index in [0.717, 1.165) is 45.6 Å². The summed E-state index contributed by atoms with van der Waals surface area (Å²) in [5.41, 5.74) is 5.29. The smallest absolute Gasteiger partial charge is 0.222 e. The van der Waals surface area contributed by atoms with Gasteiger partial charge < -0.3 is 10.6 Å². The fourth-order valence-corrected chi connectivity index (χ4v) is 3.58. The van der Waals surface area contributed by atoms with Gasteiger partial charge in [-0.15, -0.1) is 6.58 Å². The lowest BCUT2D eigenvalue weighted by atomic mass is 9.86. The highest BCUT2D eigenvalue weighted by Crippen LogP contribution is 2.32. The quantitative estimate of drug-likeness (QED) is 0.729. The maximum absolute atomic E-state index is 12.2. The first-order valence-electron chi connectivity index (χ1n) is 8.07. The Balaban J connectivity index is 2.04. The molecule has 0 radical (unpaired) electrons. The number of carbonyl (C=O) groups is 2. The van der Waals surface area contributed by atoms with Crippen molar-refractivity contribution in [1.29, 1.82) is 0 Å². The summed E-state index contributed by atoms with van der Waals surface area (Å²) in [6.45, 7) is 8.69. The lowest BCUT2D eigenvalue weighted by Gasteiger charge is -2.49. The molecule has 2 saturated heterocycles. The zero-order valence-electron chi connectivity index (χ0n) is 13.6. The molecule has 2 rings (SSSR count). The van der Waals surface area contributed by atoms with E-state index in [1.54, 1.807) is 6.08 Å². The number of nitrogens with zero attached hydrogens (tertiary/aromatic N) is 3. The second kappa shape index (κ2) is 7.24. The van der Waals surface area contributed by atoms with Crippen LogP contribution in [0.4, 0.5) is 0 Å². The normalized spacial score (nSPS) is 27.9. The molecule has 0 aliphatic carbocycles. The number of likely N-dealkylation sites (N-methyl/N-ethyl adjacent to an activating group) is 1. The number of primary amides is 1. The lowest BCUT2D eigenvalue weighted by Crippen LogP contribution is -2.61. The van der Waals surface area contributed by atoms with E-state index in [1.165, 1.54) is 0 Å². The second-order valence-corrected chi connectivity index (χ2v) is 6.52. The van der Waals surface area contributed by atoms with Gasteiger partial charge in [-0.1, -0.05) is 6.08 Å². The van der Waals surface area contributed by atoms with Gasteiger partial charge in [0.05, 0.1) is 0 Å². The Morgan fingerprint density at radius 1 is 1.36 bits per heavy atom. The third-order valence-corrected chi connectivity index (χ3v) is 5.11. The molecule has 2 fully saturated rings. The Morgan fingerprint density at radius 2 is 2.14 bits per heavy atom. The zero-order chi connectivity index (χ0) is 16.2. The standard InChI is InChI=1S/C16H28N4O2/c1-3-8-20-10-7-16(6-4-15(20)22)13-19(9-5-14(17)21)12-11-18(16)2/h3H,1,4-13H2,2H3,(H2,17,21). The number of amides is 2. The number of rotatable bonds is 5. The van der Waals surface area contributed by atoms with Gasteiger partial charge in [0, 0.05) is 57.6 Å². The van der Waals surface area contributed by atoms with Crippen LogP contribution in [-0.2, 0) is 9.59 Å². The van der Waals surface area contributed by atoms with Crippen LogP contribution in [0.3, 0.4) is 0 Å². The summed E-state index contributed by atoms with van der Waals surface area (Å²) in [7, 11) is 2.15. The van der Waals surface area contributed by atoms with Crippen molar-refractivity contribution in [1.82, 2.24) is 14.7 Å². The van der Waals surface area contributed by atoms with E-state index in [1.807, 2.05) is 4.90 Å². The van der Waals surface area contributed by atoms with Crippen molar-refractivity contribution in [2.45, 2.75) is 31.2 Å². The molecular weight excluding hydrogens is 280 g/mol. The summed E-state index contributed by atoms with van der Waals surface area (Å²) in [6, 6.07) is 0. The highest BCUT2D eigenvalue weighted by atomic mass is 16.2. The van der Waals surface area contributed by atoms with E-state index in [-0.39, 0.29) is 17.4 Å². The summed E-state index contributed by atoms with van der Waals surface area (Å²) in [5.74, 6) is -0.0272. The number of carbonyl (C=O) groups excluding carboxylic acids is 2. The summed E-state index contributed by atoms with van der Waals surface area (Å²) >= 11 is 0. The molecule has 6 nitrogen and oxygen atoms in total. The number of likely N-dealkylation sites (tertiary alicyclic amines) is 1. The van der Waals surface area contributed by atoms with Crippen LogP contribution in [0.1, 0.15) is 25.7 Å². The molecule has 2 heterocycles. The first-order valence-corrected chi connectivity index (χ1v) is 8.07. The Hall–Kier alpha value is -1.40. The van der Waals surface area contributed by atoms with Gasteiger partial charge in [-0.25, -0.2) is 0 Å². The molecule has 0 aromatic heterocycles. The summed E-state index contributed by atoms with van der Waals surface area (Å²) in [4.78, 5) is 29.8. The van der Waals surface area contributed by atoms with E-state index in [2.05, 4.69) is 23.4 Å². The molecule has 2 amide bonds. The highest BCUT2D eigenvalue weighted by molar-refractivity contribution is 5.76. The summed E-state index contributed by atoms with van der Waals surface area (Å²) in [6.07, 6.45) is 4.63. The first-order chi connectivity index (χ1) is 10.5. The summed E-state index contributed by atoms with van der Waals surface area (Å²) in [5, 5.41) is 0. The molecule has 2 aliphatic heterocycles. The average molecular weight is 308 g/mol. The molecule has 0 aromatic carbocycles. The fourth-order valence-electron chi connectivity index (χ4n) is 3.58. The van der Waals surface area contributed by atoms with Crippen molar-refractivity contribution in [3.8, 4) is 0 Å². The van der Waals surface area contributed by atoms with Gasteiger partial charge in [-0.3, -0.25) is 19.4 Å². The van der Waals surface area contributed by atoms with Crippen molar-refractivity contribution in [3.63, 3.8) is 0 Å². The molecule has 6 heteroatoms. The van der Waals surface area contributed by atoms with Crippen molar-refractivity contribution in [3.05, 3.63) is 12.7 Å². The third kappa shape index (κ3) is 3.87. The molecule has 0 saturated carbocycles. The van der Waals surface area contributed by atoms with Crippen molar-refractivity contribution in [2.75, 3.05) is 46.3 Å². The van der Waals surface area contributed by atoms with Gasteiger partial charge in [0.1, 0.15) is 0 Å². The Morgan fingerprint density at radius 3 is 2.82 bits per heavy atom. The van der Waals surface area contributed by atoms with Crippen LogP contribution in [0.5, 0.6) is 0 Å². The van der Waals surface area contributed by atoms with Crippen LogP contribution in [0.2, 0.25) is 0 Å². The Kier molecular flexibility index (Phi) is 5.58. The lowest BCUT2D eigenvalue weighted by molar-refractivity contribution is -0.130. The van der Waals surface area contributed by atoms with E-state index >= 15 is 0 Å². The molecule has 0 bridgehead atoms. The van der Waals surface area contributed by atoms with Crippen LogP contribution in [0.15, 0.2) is 12.7 Å². The third-order valence-electron chi connectivity index (χ3n) is 5.11. The maximum atomic E-state index is 12.2. The Bertz CT molecular complexity index is 440. The predicted molar refractivity (Wildman–Crippen MR) is 86.2 cm³/mol. The van der Waals surface area contributed by atoms with Crippen LogP contribution >= 0.6 is 0 Å². The molecule has 1 spiro atoms. The molecule has 2 N–H and O–H groups in total. The van der Waals surface area contributed by atoms with E-state index in [4.69, 9.17) is 5.73 Å². The largest absolute Gasteiger partial charge is 0.370 e. The van der Waals surface area contributed by atoms with E-state index in [9.17, 15) is 9.59 Å². The van der Waals surface area contributed by atoms with Crippen molar-refractivity contribution in [2.24, 2.45) is 5.73 Å².